The molecule has 2 aromatic carbocycles. The molecule has 6 heteroatoms. The predicted octanol–water partition coefficient (Wildman–Crippen LogP) is 4.40. The van der Waals surface area contributed by atoms with Crippen LogP contribution in [0.5, 0.6) is 0 Å². The van der Waals surface area contributed by atoms with Crippen LogP contribution in [0.4, 0.5) is 0 Å². The fraction of sp³-hybridized carbons (Fsp3) is 0.182. The van der Waals surface area contributed by atoms with Crippen molar-refractivity contribution in [3.63, 3.8) is 0 Å². The van der Waals surface area contributed by atoms with E-state index in [1.807, 2.05) is 42.5 Å². The molecular formula is C22H17ClN2O2S. The number of halogens is 1. The third kappa shape index (κ3) is 2.74. The summed E-state index contributed by atoms with van der Waals surface area (Å²) in [4.78, 5) is 28.8. The number of para-hydroxylation sites is 1. The molecule has 0 saturated heterocycles. The van der Waals surface area contributed by atoms with E-state index in [-0.39, 0.29) is 11.2 Å². The summed E-state index contributed by atoms with van der Waals surface area (Å²) in [6.07, 6.45) is 2.94. The molecule has 0 saturated carbocycles. The molecule has 1 aliphatic carbocycles. The highest BCUT2D eigenvalue weighted by Gasteiger charge is 2.25. The molecule has 0 radical (unpaired) electrons. The van der Waals surface area contributed by atoms with E-state index in [1.165, 1.54) is 9.44 Å². The summed E-state index contributed by atoms with van der Waals surface area (Å²) in [7, 11) is 0. The van der Waals surface area contributed by atoms with Gasteiger partial charge in [0.2, 0.25) is 0 Å². The van der Waals surface area contributed by atoms with Gasteiger partial charge < -0.3 is 0 Å². The van der Waals surface area contributed by atoms with E-state index in [4.69, 9.17) is 11.6 Å². The molecule has 0 aliphatic heterocycles. The molecule has 2 heterocycles. The van der Waals surface area contributed by atoms with Gasteiger partial charge in [-0.15, -0.1) is 11.3 Å². The smallest absolute Gasteiger partial charge is 0.279 e. The minimum atomic E-state index is -0.316. The lowest BCUT2D eigenvalue weighted by Crippen LogP contribution is -2.39. The Bertz CT molecular complexity index is 1320. The summed E-state index contributed by atoms with van der Waals surface area (Å²) in [5.41, 5.74) is 2.12. The third-order valence-corrected chi connectivity index (χ3v) is 6.78. The number of aromatic nitrogens is 2. The minimum Gasteiger partial charge on any atom is -0.279 e. The van der Waals surface area contributed by atoms with Crippen LogP contribution in [-0.2, 0) is 19.4 Å². The molecule has 0 atom stereocenters. The quantitative estimate of drug-likeness (QED) is 0.504. The van der Waals surface area contributed by atoms with Crippen molar-refractivity contribution in [2.24, 2.45) is 0 Å². The van der Waals surface area contributed by atoms with Gasteiger partial charge in [0.05, 0.1) is 17.6 Å². The van der Waals surface area contributed by atoms with Crippen molar-refractivity contribution in [1.82, 2.24) is 9.13 Å². The Morgan fingerprint density at radius 2 is 1.82 bits per heavy atom. The average Bonchev–Trinajstić information content (AvgIpc) is 3.27. The molecule has 0 bridgehead atoms. The molecule has 1 aliphatic rings. The second kappa shape index (κ2) is 6.76. The average molecular weight is 409 g/mol. The number of fused-ring (bicyclic) bond motifs is 3. The summed E-state index contributed by atoms with van der Waals surface area (Å²) >= 11 is 7.73. The Hall–Kier alpha value is -2.63. The summed E-state index contributed by atoms with van der Waals surface area (Å²) in [6, 6.07) is 16.6. The first-order valence-corrected chi connectivity index (χ1v) is 10.4. The number of nitrogens with zero attached hydrogens (tertiary/aromatic N) is 2. The first-order valence-electron chi connectivity index (χ1n) is 9.23. The predicted molar refractivity (Wildman–Crippen MR) is 114 cm³/mol. The van der Waals surface area contributed by atoms with Gasteiger partial charge in [-0.2, -0.15) is 0 Å². The monoisotopic (exact) mass is 408 g/mol. The summed E-state index contributed by atoms with van der Waals surface area (Å²) in [5.74, 6) is 0. The van der Waals surface area contributed by atoms with Crippen molar-refractivity contribution in [3.05, 3.63) is 96.5 Å². The lowest BCUT2D eigenvalue weighted by molar-refractivity contribution is 0.718. The van der Waals surface area contributed by atoms with Crippen LogP contribution in [-0.4, -0.2) is 9.13 Å². The maximum Gasteiger partial charge on any atom is 0.337 e. The molecule has 0 amide bonds. The van der Waals surface area contributed by atoms with Crippen molar-refractivity contribution in [2.45, 2.75) is 25.8 Å². The van der Waals surface area contributed by atoms with E-state index >= 15 is 0 Å². The molecule has 4 nitrogen and oxygen atoms in total. The fourth-order valence-electron chi connectivity index (χ4n) is 3.97. The molecular weight excluding hydrogens is 392 g/mol. The molecule has 28 heavy (non-hydrogen) atoms. The van der Waals surface area contributed by atoms with Crippen molar-refractivity contribution >= 4 is 33.2 Å². The van der Waals surface area contributed by atoms with Crippen LogP contribution in [0.25, 0.3) is 15.9 Å². The van der Waals surface area contributed by atoms with Gasteiger partial charge in [-0.3, -0.25) is 9.36 Å². The molecule has 0 unspecified atom stereocenters. The molecule has 140 valence electrons. The highest BCUT2D eigenvalue weighted by Crippen LogP contribution is 2.35. The largest absolute Gasteiger partial charge is 0.337 e. The molecule has 5 rings (SSSR count). The van der Waals surface area contributed by atoms with Crippen LogP contribution in [0.1, 0.15) is 22.4 Å². The van der Waals surface area contributed by atoms with Gasteiger partial charge in [0.1, 0.15) is 4.83 Å². The van der Waals surface area contributed by atoms with Crippen molar-refractivity contribution < 1.29 is 0 Å². The second-order valence-electron chi connectivity index (χ2n) is 7.01. The van der Waals surface area contributed by atoms with E-state index in [9.17, 15) is 9.59 Å². The summed E-state index contributed by atoms with van der Waals surface area (Å²) in [5, 5.41) is 1.33. The minimum absolute atomic E-state index is 0.215. The van der Waals surface area contributed by atoms with Gasteiger partial charge in [-0.25, -0.2) is 9.36 Å². The molecule has 0 spiro atoms. The molecule has 4 aromatic rings. The SMILES string of the molecule is O=c1c2c3c(sc2n(Cc2cccc(Cl)c2)c(=O)n1-c1ccccc1)CCC3. The normalized spacial score (nSPS) is 13.2. The number of rotatable bonds is 3. The fourth-order valence-corrected chi connectivity index (χ4v) is 5.55. The lowest BCUT2D eigenvalue weighted by Gasteiger charge is -2.13. The molecule has 0 fully saturated rings. The zero-order chi connectivity index (χ0) is 19.3. The van der Waals surface area contributed by atoms with Crippen LogP contribution >= 0.6 is 22.9 Å². The summed E-state index contributed by atoms with van der Waals surface area (Å²) < 4.78 is 3.02. The van der Waals surface area contributed by atoms with E-state index in [2.05, 4.69) is 0 Å². The van der Waals surface area contributed by atoms with Crippen molar-refractivity contribution in [2.75, 3.05) is 0 Å². The zero-order valence-corrected chi connectivity index (χ0v) is 16.6. The van der Waals surface area contributed by atoms with E-state index in [1.54, 1.807) is 28.0 Å². The van der Waals surface area contributed by atoms with Crippen LogP contribution < -0.4 is 11.2 Å². The molecule has 2 aromatic heterocycles. The Labute approximate surface area is 170 Å². The number of hydrogen-bond donors (Lipinski definition) is 0. The topological polar surface area (TPSA) is 44.0 Å². The lowest BCUT2D eigenvalue weighted by atomic mass is 10.2. The Morgan fingerprint density at radius 3 is 2.61 bits per heavy atom. The van der Waals surface area contributed by atoms with Crippen LogP contribution in [0.15, 0.2) is 64.2 Å². The van der Waals surface area contributed by atoms with E-state index < -0.39 is 0 Å². The zero-order valence-electron chi connectivity index (χ0n) is 15.0. The highest BCUT2D eigenvalue weighted by molar-refractivity contribution is 7.18. The second-order valence-corrected chi connectivity index (χ2v) is 8.53. The number of aryl methyl sites for hydroxylation is 2. The first kappa shape index (κ1) is 17.5. The van der Waals surface area contributed by atoms with Gasteiger partial charge in [0, 0.05) is 9.90 Å². The van der Waals surface area contributed by atoms with E-state index in [0.717, 1.165) is 35.2 Å². The van der Waals surface area contributed by atoms with Crippen LogP contribution in [0.2, 0.25) is 5.02 Å². The van der Waals surface area contributed by atoms with Gasteiger partial charge in [-0.1, -0.05) is 41.9 Å². The van der Waals surface area contributed by atoms with E-state index in [0.29, 0.717) is 22.6 Å². The maximum absolute atomic E-state index is 13.4. The van der Waals surface area contributed by atoms with Crippen LogP contribution in [0, 0.1) is 0 Å². The van der Waals surface area contributed by atoms with Gasteiger partial charge in [0.25, 0.3) is 5.56 Å². The van der Waals surface area contributed by atoms with Gasteiger partial charge >= 0.3 is 5.69 Å². The highest BCUT2D eigenvalue weighted by atomic mass is 35.5. The van der Waals surface area contributed by atoms with Crippen LogP contribution in [0.3, 0.4) is 0 Å². The molecule has 0 N–H and O–H groups in total. The maximum atomic E-state index is 13.4. The third-order valence-electron chi connectivity index (χ3n) is 5.23. The van der Waals surface area contributed by atoms with Gasteiger partial charge in [-0.05, 0) is 54.7 Å². The standard InChI is InChI=1S/C22H17ClN2O2S/c23-15-7-4-6-14(12-15)13-24-21-19(17-10-5-11-18(17)28-21)20(26)25(22(24)27)16-8-2-1-3-9-16/h1-4,6-9,12H,5,10-11,13H2. The number of benzene rings is 2. The van der Waals surface area contributed by atoms with Gasteiger partial charge in [0.15, 0.2) is 0 Å². The Kier molecular flexibility index (Phi) is 4.22. The first-order chi connectivity index (χ1) is 13.6. The number of thiophene rings is 1. The Balaban J connectivity index is 1.84. The Morgan fingerprint density at radius 1 is 1.00 bits per heavy atom. The number of hydrogen-bond acceptors (Lipinski definition) is 3. The van der Waals surface area contributed by atoms with Crippen molar-refractivity contribution in [3.8, 4) is 5.69 Å². The summed E-state index contributed by atoms with van der Waals surface area (Å²) in [6.45, 7) is 0.377. The van der Waals surface area contributed by atoms with Crippen molar-refractivity contribution in [1.29, 1.82) is 0 Å².